The van der Waals surface area contributed by atoms with Crippen LogP contribution in [0.5, 0.6) is 0 Å². The molecule has 3 atom stereocenters. The van der Waals surface area contributed by atoms with Gasteiger partial charge in [-0.1, -0.05) is 0 Å². The Kier molecular flexibility index (Phi) is 4.36. The number of halogens is 2. The molecule has 1 heterocycles. The Hall–Kier alpha value is -0.220. The van der Waals surface area contributed by atoms with Gasteiger partial charge in [0, 0.05) is 19.4 Å². The number of hydrogen-bond donors (Lipinski definition) is 1. The van der Waals surface area contributed by atoms with E-state index < -0.39 is 12.0 Å². The van der Waals surface area contributed by atoms with Crippen LogP contribution in [0.3, 0.4) is 0 Å². The van der Waals surface area contributed by atoms with E-state index in [-0.39, 0.29) is 24.9 Å². The van der Waals surface area contributed by atoms with Crippen molar-refractivity contribution in [1.29, 1.82) is 0 Å². The van der Waals surface area contributed by atoms with Crippen molar-refractivity contribution in [2.24, 2.45) is 5.92 Å². The predicted molar refractivity (Wildman–Crippen MR) is 61.1 cm³/mol. The van der Waals surface area contributed by atoms with Crippen LogP contribution in [0.4, 0.5) is 8.78 Å². The average Bonchev–Trinajstić information content (AvgIpc) is 2.85. The lowest BCUT2D eigenvalue weighted by Gasteiger charge is -2.17. The SMILES string of the molecule is OC(CCC1CCCO1)CC1CCC(F)(F)C1. The van der Waals surface area contributed by atoms with Gasteiger partial charge >= 0.3 is 0 Å². The van der Waals surface area contributed by atoms with E-state index in [1.54, 1.807) is 0 Å². The van der Waals surface area contributed by atoms with E-state index >= 15 is 0 Å². The monoisotopic (exact) mass is 248 g/mol. The lowest BCUT2D eigenvalue weighted by atomic mass is 9.96. The first-order chi connectivity index (χ1) is 8.05. The zero-order chi connectivity index (χ0) is 12.3. The Morgan fingerprint density at radius 1 is 1.35 bits per heavy atom. The predicted octanol–water partition coefficient (Wildman–Crippen LogP) is 3.13. The molecule has 1 aliphatic carbocycles. The van der Waals surface area contributed by atoms with E-state index in [0.29, 0.717) is 19.3 Å². The maximum absolute atomic E-state index is 13.0. The molecule has 0 spiro atoms. The first-order valence-electron chi connectivity index (χ1n) is 6.73. The summed E-state index contributed by atoms with van der Waals surface area (Å²) in [4.78, 5) is 0. The van der Waals surface area contributed by atoms with Crippen LogP contribution in [-0.4, -0.2) is 29.8 Å². The van der Waals surface area contributed by atoms with Crippen molar-refractivity contribution in [3.05, 3.63) is 0 Å². The molecule has 3 unspecified atom stereocenters. The third-order valence-corrected chi connectivity index (χ3v) is 3.96. The van der Waals surface area contributed by atoms with Crippen molar-refractivity contribution < 1.29 is 18.6 Å². The molecular formula is C13H22F2O2. The molecule has 1 N–H and O–H groups in total. The Labute approximate surface area is 101 Å². The van der Waals surface area contributed by atoms with Crippen LogP contribution in [-0.2, 0) is 4.74 Å². The standard InChI is InChI=1S/C13H22F2O2/c14-13(15)6-5-10(9-13)8-11(16)3-4-12-2-1-7-17-12/h10-12,16H,1-9H2. The number of ether oxygens (including phenoxy) is 1. The summed E-state index contributed by atoms with van der Waals surface area (Å²) in [5.74, 6) is -2.48. The number of alkyl halides is 2. The van der Waals surface area contributed by atoms with Crippen LogP contribution in [0.25, 0.3) is 0 Å². The van der Waals surface area contributed by atoms with Gasteiger partial charge in [0.25, 0.3) is 0 Å². The van der Waals surface area contributed by atoms with Crippen molar-refractivity contribution in [1.82, 2.24) is 0 Å². The molecule has 2 aliphatic rings. The van der Waals surface area contributed by atoms with E-state index in [0.717, 1.165) is 25.9 Å². The summed E-state index contributed by atoms with van der Waals surface area (Å²) in [6.45, 7) is 0.829. The number of aliphatic hydroxyl groups excluding tert-OH is 1. The van der Waals surface area contributed by atoms with Crippen molar-refractivity contribution in [3.63, 3.8) is 0 Å². The van der Waals surface area contributed by atoms with Crippen LogP contribution in [0.15, 0.2) is 0 Å². The number of rotatable bonds is 5. The van der Waals surface area contributed by atoms with Gasteiger partial charge in [0.1, 0.15) is 0 Å². The molecule has 0 radical (unpaired) electrons. The van der Waals surface area contributed by atoms with Gasteiger partial charge < -0.3 is 9.84 Å². The van der Waals surface area contributed by atoms with Crippen molar-refractivity contribution >= 4 is 0 Å². The third-order valence-electron chi connectivity index (χ3n) is 3.96. The molecule has 0 bridgehead atoms. The second-order valence-electron chi connectivity index (χ2n) is 5.57. The second-order valence-corrected chi connectivity index (χ2v) is 5.57. The minimum absolute atomic E-state index is 0.00385. The van der Waals surface area contributed by atoms with Gasteiger partial charge in [0.2, 0.25) is 5.92 Å². The Morgan fingerprint density at radius 2 is 2.18 bits per heavy atom. The topological polar surface area (TPSA) is 29.5 Å². The van der Waals surface area contributed by atoms with E-state index in [9.17, 15) is 13.9 Å². The average molecular weight is 248 g/mol. The molecule has 2 rings (SSSR count). The summed E-state index contributed by atoms with van der Waals surface area (Å²) in [6.07, 6.45) is 4.64. The van der Waals surface area contributed by atoms with E-state index in [2.05, 4.69) is 0 Å². The van der Waals surface area contributed by atoms with Crippen molar-refractivity contribution in [2.45, 2.75) is 69.5 Å². The van der Waals surface area contributed by atoms with Crippen LogP contribution in [0.1, 0.15) is 51.4 Å². The molecule has 4 heteroatoms. The summed E-state index contributed by atoms with van der Waals surface area (Å²) in [5.41, 5.74) is 0. The zero-order valence-electron chi connectivity index (χ0n) is 10.2. The molecule has 0 aromatic carbocycles. The fourth-order valence-electron chi connectivity index (χ4n) is 3.00. The molecule has 100 valence electrons. The highest BCUT2D eigenvalue weighted by Gasteiger charge is 2.39. The Balaban J connectivity index is 1.62. The maximum atomic E-state index is 13.0. The lowest BCUT2D eigenvalue weighted by Crippen LogP contribution is -2.17. The van der Waals surface area contributed by atoms with Crippen molar-refractivity contribution in [3.8, 4) is 0 Å². The van der Waals surface area contributed by atoms with Gasteiger partial charge in [-0.3, -0.25) is 0 Å². The van der Waals surface area contributed by atoms with E-state index in [1.165, 1.54) is 0 Å². The largest absolute Gasteiger partial charge is 0.393 e. The van der Waals surface area contributed by atoms with Gasteiger partial charge in [-0.25, -0.2) is 8.78 Å². The summed E-state index contributed by atoms with van der Waals surface area (Å²) in [6, 6.07) is 0. The molecule has 0 aromatic heterocycles. The van der Waals surface area contributed by atoms with Gasteiger partial charge in [0.05, 0.1) is 12.2 Å². The molecule has 1 aliphatic heterocycles. The summed E-state index contributed by atoms with van der Waals surface area (Å²) < 4.78 is 31.4. The van der Waals surface area contributed by atoms with Crippen molar-refractivity contribution in [2.75, 3.05) is 6.61 Å². The van der Waals surface area contributed by atoms with Gasteiger partial charge in [0.15, 0.2) is 0 Å². The molecule has 17 heavy (non-hydrogen) atoms. The quantitative estimate of drug-likeness (QED) is 0.810. The highest BCUT2D eigenvalue weighted by molar-refractivity contribution is 4.83. The number of hydrogen-bond acceptors (Lipinski definition) is 2. The minimum atomic E-state index is -2.49. The zero-order valence-corrected chi connectivity index (χ0v) is 10.2. The summed E-state index contributed by atoms with van der Waals surface area (Å²) in [7, 11) is 0. The highest BCUT2D eigenvalue weighted by Crippen LogP contribution is 2.41. The smallest absolute Gasteiger partial charge is 0.248 e. The summed E-state index contributed by atoms with van der Waals surface area (Å²) in [5, 5.41) is 9.84. The molecule has 0 aromatic rings. The maximum Gasteiger partial charge on any atom is 0.248 e. The lowest BCUT2D eigenvalue weighted by molar-refractivity contribution is 0.00192. The van der Waals surface area contributed by atoms with Crippen LogP contribution in [0.2, 0.25) is 0 Å². The Morgan fingerprint density at radius 3 is 2.76 bits per heavy atom. The molecule has 1 saturated heterocycles. The van der Waals surface area contributed by atoms with Crippen LogP contribution < -0.4 is 0 Å². The normalized spacial score (nSPS) is 34.1. The van der Waals surface area contributed by atoms with E-state index in [1.807, 2.05) is 0 Å². The first kappa shape index (κ1) is 13.2. The molecule has 1 saturated carbocycles. The molecular weight excluding hydrogens is 226 g/mol. The second kappa shape index (κ2) is 5.61. The number of aliphatic hydroxyl groups is 1. The van der Waals surface area contributed by atoms with E-state index in [4.69, 9.17) is 4.74 Å². The fraction of sp³-hybridized carbons (Fsp3) is 1.00. The molecule has 0 amide bonds. The van der Waals surface area contributed by atoms with Crippen LogP contribution in [0, 0.1) is 5.92 Å². The first-order valence-corrected chi connectivity index (χ1v) is 6.73. The van der Waals surface area contributed by atoms with Gasteiger partial charge in [-0.05, 0) is 44.4 Å². The summed E-state index contributed by atoms with van der Waals surface area (Å²) >= 11 is 0. The molecule has 2 fully saturated rings. The highest BCUT2D eigenvalue weighted by atomic mass is 19.3. The van der Waals surface area contributed by atoms with Crippen LogP contribution >= 0.6 is 0 Å². The van der Waals surface area contributed by atoms with Gasteiger partial charge in [-0.15, -0.1) is 0 Å². The third kappa shape index (κ3) is 4.18. The minimum Gasteiger partial charge on any atom is -0.393 e. The Bertz CT molecular complexity index is 240. The van der Waals surface area contributed by atoms with Gasteiger partial charge in [-0.2, -0.15) is 0 Å². The fourth-order valence-corrected chi connectivity index (χ4v) is 3.00. The molecule has 2 nitrogen and oxygen atoms in total.